The lowest BCUT2D eigenvalue weighted by Crippen LogP contribution is -2.06. The van der Waals surface area contributed by atoms with E-state index in [-0.39, 0.29) is 0 Å². The molecular formula is C50H27N5S. The van der Waals surface area contributed by atoms with Crippen LogP contribution in [0, 0.1) is 0 Å². The van der Waals surface area contributed by atoms with E-state index < -0.39 is 0 Å². The molecule has 56 heavy (non-hydrogen) atoms. The lowest BCUT2D eigenvalue weighted by Gasteiger charge is -2.13. The SMILES string of the molecule is c1ccc2c(c1)ccc1c2c2c3c(cc4c5ccccc5n1c42)c1ccccc1n3-c1nc(-n2c3ccccc3c3ccccc32)nc2c1sc1ccccc12. The topological polar surface area (TPSA) is 40.0 Å². The molecule has 8 aromatic carbocycles. The van der Waals surface area contributed by atoms with E-state index >= 15 is 0 Å². The van der Waals surface area contributed by atoms with Gasteiger partial charge < -0.3 is 4.40 Å². The van der Waals surface area contributed by atoms with Gasteiger partial charge in [0.15, 0.2) is 5.82 Å². The van der Waals surface area contributed by atoms with Gasteiger partial charge >= 0.3 is 0 Å². The van der Waals surface area contributed by atoms with Crippen LogP contribution in [0.4, 0.5) is 0 Å². The highest BCUT2D eigenvalue weighted by atomic mass is 32.1. The van der Waals surface area contributed by atoms with Crippen molar-refractivity contribution < 1.29 is 0 Å². The number of benzene rings is 8. The fourth-order valence-corrected chi connectivity index (χ4v) is 11.1. The predicted octanol–water partition coefficient (Wildman–Crippen LogP) is 13.3. The van der Waals surface area contributed by atoms with E-state index in [2.05, 4.69) is 177 Å². The summed E-state index contributed by atoms with van der Waals surface area (Å²) >= 11 is 1.78. The zero-order valence-electron chi connectivity index (χ0n) is 29.7. The van der Waals surface area contributed by atoms with Crippen LogP contribution in [-0.2, 0) is 0 Å². The first kappa shape index (κ1) is 29.1. The van der Waals surface area contributed by atoms with Crippen LogP contribution in [0.15, 0.2) is 164 Å². The highest BCUT2D eigenvalue weighted by Gasteiger charge is 2.28. The van der Waals surface area contributed by atoms with Gasteiger partial charge in [-0.3, -0.25) is 9.13 Å². The molecular weight excluding hydrogens is 703 g/mol. The summed E-state index contributed by atoms with van der Waals surface area (Å²) in [5, 5.41) is 13.5. The summed E-state index contributed by atoms with van der Waals surface area (Å²) in [6, 6.07) is 59.5. The Balaban J connectivity index is 1.26. The summed E-state index contributed by atoms with van der Waals surface area (Å²) < 4.78 is 9.49. The lowest BCUT2D eigenvalue weighted by atomic mass is 10.00. The number of thiophene rings is 1. The Kier molecular flexibility index (Phi) is 5.34. The first-order valence-electron chi connectivity index (χ1n) is 19.0. The molecule has 6 heteroatoms. The lowest BCUT2D eigenvalue weighted by molar-refractivity contribution is 0.977. The average Bonchev–Trinajstić information content (AvgIpc) is 4.05. The Labute approximate surface area is 321 Å². The number of aromatic nitrogens is 5. The summed E-state index contributed by atoms with van der Waals surface area (Å²) in [6.07, 6.45) is 0. The van der Waals surface area contributed by atoms with Crippen LogP contribution in [0.5, 0.6) is 0 Å². The van der Waals surface area contributed by atoms with Gasteiger partial charge in [0.25, 0.3) is 0 Å². The third-order valence-corrected chi connectivity index (χ3v) is 13.3. The zero-order chi connectivity index (χ0) is 36.2. The molecule has 0 spiro atoms. The van der Waals surface area contributed by atoms with Gasteiger partial charge in [0.05, 0.1) is 48.8 Å². The predicted molar refractivity (Wildman–Crippen MR) is 236 cm³/mol. The number of fused-ring (bicyclic) bond motifs is 18. The van der Waals surface area contributed by atoms with E-state index in [9.17, 15) is 0 Å². The molecule has 14 rings (SSSR count). The molecule has 0 fully saturated rings. The van der Waals surface area contributed by atoms with Crippen molar-refractivity contribution in [3.63, 3.8) is 0 Å². The van der Waals surface area contributed by atoms with Crippen LogP contribution in [0.25, 0.3) is 125 Å². The minimum atomic E-state index is 0.664. The van der Waals surface area contributed by atoms with Crippen molar-refractivity contribution in [3.8, 4) is 11.8 Å². The fourth-order valence-electron chi connectivity index (χ4n) is 9.94. The Morgan fingerprint density at radius 1 is 0.393 bits per heavy atom. The maximum atomic E-state index is 5.73. The van der Waals surface area contributed by atoms with Gasteiger partial charge in [0.1, 0.15) is 0 Å². The van der Waals surface area contributed by atoms with Crippen LogP contribution in [0.1, 0.15) is 0 Å². The molecule has 0 aliphatic carbocycles. The quantitative estimate of drug-likeness (QED) is 0.178. The van der Waals surface area contributed by atoms with Crippen LogP contribution in [0.3, 0.4) is 0 Å². The van der Waals surface area contributed by atoms with E-state index in [1.807, 2.05) is 0 Å². The fraction of sp³-hybridized carbons (Fsp3) is 0. The molecule has 0 aliphatic heterocycles. The van der Waals surface area contributed by atoms with Gasteiger partial charge in [0.2, 0.25) is 5.95 Å². The summed E-state index contributed by atoms with van der Waals surface area (Å²) in [4.78, 5) is 11.2. The second kappa shape index (κ2) is 10.3. The van der Waals surface area contributed by atoms with Gasteiger partial charge in [-0.15, -0.1) is 11.3 Å². The van der Waals surface area contributed by atoms with Crippen LogP contribution in [-0.4, -0.2) is 23.5 Å². The standard InChI is InChI=1S/C50H27N5S/c1-2-14-29-28(13-1)25-26-41-43(29)44-46-35(32-17-5-8-20-37(32)53(41)46)27-36-33-18-6-11-23-40(33)55(47(36)44)49-48-45(34-19-7-12-24-42(34)56-48)51-50(52-49)54-38-21-9-3-15-30(38)31-16-4-10-22-39(31)54/h1-27H. The third kappa shape index (κ3) is 3.47. The van der Waals surface area contributed by atoms with Gasteiger partial charge in [0, 0.05) is 53.2 Å². The van der Waals surface area contributed by atoms with E-state index in [4.69, 9.17) is 9.97 Å². The molecule has 6 aromatic heterocycles. The Hall–Kier alpha value is -7.28. The van der Waals surface area contributed by atoms with Gasteiger partial charge in [-0.1, -0.05) is 121 Å². The monoisotopic (exact) mass is 729 g/mol. The van der Waals surface area contributed by atoms with Gasteiger partial charge in [-0.2, -0.15) is 4.98 Å². The van der Waals surface area contributed by atoms with Crippen molar-refractivity contribution in [2.75, 3.05) is 0 Å². The Bertz CT molecular complexity index is 3960. The highest BCUT2D eigenvalue weighted by molar-refractivity contribution is 7.26. The summed E-state index contributed by atoms with van der Waals surface area (Å²) in [6.45, 7) is 0. The van der Waals surface area contributed by atoms with Crippen molar-refractivity contribution in [2.45, 2.75) is 0 Å². The Morgan fingerprint density at radius 2 is 0.946 bits per heavy atom. The van der Waals surface area contributed by atoms with Crippen molar-refractivity contribution >= 4 is 124 Å². The minimum absolute atomic E-state index is 0.664. The molecule has 0 aliphatic rings. The second-order valence-corrected chi connectivity index (χ2v) is 16.0. The van der Waals surface area contributed by atoms with Crippen LogP contribution in [0.2, 0.25) is 0 Å². The second-order valence-electron chi connectivity index (χ2n) is 14.9. The number of rotatable bonds is 2. The van der Waals surface area contributed by atoms with E-state index in [0.717, 1.165) is 38.0 Å². The summed E-state index contributed by atoms with van der Waals surface area (Å²) in [5.74, 6) is 1.56. The van der Waals surface area contributed by atoms with E-state index in [1.165, 1.54) is 80.6 Å². The van der Waals surface area contributed by atoms with Crippen LogP contribution >= 0.6 is 11.3 Å². The van der Waals surface area contributed by atoms with E-state index in [1.54, 1.807) is 11.3 Å². The minimum Gasteiger partial charge on any atom is -0.308 e. The van der Waals surface area contributed by atoms with Crippen molar-refractivity contribution in [1.82, 2.24) is 23.5 Å². The molecule has 0 saturated carbocycles. The zero-order valence-corrected chi connectivity index (χ0v) is 30.5. The molecule has 0 saturated heterocycles. The molecule has 0 radical (unpaired) electrons. The maximum Gasteiger partial charge on any atom is 0.237 e. The summed E-state index contributed by atoms with van der Waals surface area (Å²) in [7, 11) is 0. The molecule has 14 aromatic rings. The van der Waals surface area contributed by atoms with Gasteiger partial charge in [-0.25, -0.2) is 4.98 Å². The Morgan fingerprint density at radius 3 is 1.68 bits per heavy atom. The van der Waals surface area contributed by atoms with Crippen molar-refractivity contribution in [3.05, 3.63) is 164 Å². The first-order chi connectivity index (χ1) is 27.8. The van der Waals surface area contributed by atoms with Gasteiger partial charge in [-0.05, 0) is 53.2 Å². The number of hydrogen-bond donors (Lipinski definition) is 0. The maximum absolute atomic E-state index is 5.73. The van der Waals surface area contributed by atoms with E-state index in [0.29, 0.717) is 5.95 Å². The molecule has 0 N–H and O–H groups in total. The summed E-state index contributed by atoms with van der Waals surface area (Å²) in [5.41, 5.74) is 9.13. The third-order valence-electron chi connectivity index (χ3n) is 12.2. The average molecular weight is 730 g/mol. The largest absolute Gasteiger partial charge is 0.308 e. The van der Waals surface area contributed by atoms with Crippen LogP contribution < -0.4 is 0 Å². The molecule has 0 atom stereocenters. The number of para-hydroxylation sites is 4. The molecule has 0 amide bonds. The van der Waals surface area contributed by atoms with Crippen molar-refractivity contribution in [1.29, 1.82) is 0 Å². The normalized spacial score (nSPS) is 12.6. The first-order valence-corrected chi connectivity index (χ1v) is 19.8. The highest BCUT2D eigenvalue weighted by Crippen LogP contribution is 2.49. The molecule has 0 unspecified atom stereocenters. The molecule has 6 heterocycles. The smallest absolute Gasteiger partial charge is 0.237 e. The molecule has 5 nitrogen and oxygen atoms in total. The molecule has 258 valence electrons. The molecule has 0 bridgehead atoms. The number of nitrogens with zero attached hydrogens (tertiary/aromatic N) is 5. The number of hydrogen-bond acceptors (Lipinski definition) is 3. The van der Waals surface area contributed by atoms with Crippen molar-refractivity contribution in [2.24, 2.45) is 0 Å².